The van der Waals surface area contributed by atoms with Crippen LogP contribution in [0.5, 0.6) is 0 Å². The smallest absolute Gasteiger partial charge is 0.181 e. The first kappa shape index (κ1) is 12.4. The van der Waals surface area contributed by atoms with Gasteiger partial charge in [0, 0.05) is 11.5 Å². The van der Waals surface area contributed by atoms with Crippen molar-refractivity contribution in [1.29, 1.82) is 0 Å². The van der Waals surface area contributed by atoms with E-state index in [1.165, 1.54) is 0 Å². The molecule has 0 aliphatic carbocycles. The van der Waals surface area contributed by atoms with E-state index in [1.54, 1.807) is 7.05 Å². The fourth-order valence-corrected chi connectivity index (χ4v) is 2.53. The molecule has 1 aromatic heterocycles. The lowest BCUT2D eigenvalue weighted by Crippen LogP contribution is -2.05. The van der Waals surface area contributed by atoms with Gasteiger partial charge in [-0.3, -0.25) is 4.57 Å². The van der Waals surface area contributed by atoms with Crippen molar-refractivity contribution in [2.45, 2.75) is 6.54 Å². The minimum atomic E-state index is 0.624. The van der Waals surface area contributed by atoms with Gasteiger partial charge in [0.2, 0.25) is 0 Å². The SMILES string of the molecule is CNc1nc(Br)n(Cc2cccc(Br)c2)c1N. The maximum absolute atomic E-state index is 6.00. The Morgan fingerprint density at radius 2 is 2.18 bits per heavy atom. The fraction of sp³-hybridized carbons (Fsp3) is 0.182. The van der Waals surface area contributed by atoms with Crippen molar-refractivity contribution in [2.75, 3.05) is 18.1 Å². The topological polar surface area (TPSA) is 55.9 Å². The Morgan fingerprint density at radius 3 is 2.76 bits per heavy atom. The highest BCUT2D eigenvalue weighted by Crippen LogP contribution is 2.24. The van der Waals surface area contributed by atoms with Crippen LogP contribution in [0, 0.1) is 0 Å². The standard InChI is InChI=1S/C11H12Br2N4/c1-15-10-9(14)17(11(13)16-10)6-7-3-2-4-8(12)5-7/h2-5,15H,6,14H2,1H3. The first-order valence-corrected chi connectivity index (χ1v) is 6.64. The first-order valence-electron chi connectivity index (χ1n) is 5.05. The molecule has 0 bridgehead atoms. The molecule has 2 aromatic rings. The van der Waals surface area contributed by atoms with Crippen LogP contribution in [0.2, 0.25) is 0 Å². The Labute approximate surface area is 116 Å². The summed E-state index contributed by atoms with van der Waals surface area (Å²) in [6.07, 6.45) is 0. The van der Waals surface area contributed by atoms with Gasteiger partial charge < -0.3 is 11.1 Å². The van der Waals surface area contributed by atoms with Crippen molar-refractivity contribution in [2.24, 2.45) is 0 Å². The van der Waals surface area contributed by atoms with Gasteiger partial charge in [0.05, 0.1) is 6.54 Å². The Morgan fingerprint density at radius 1 is 1.41 bits per heavy atom. The van der Waals surface area contributed by atoms with Gasteiger partial charge in [-0.1, -0.05) is 28.1 Å². The quantitative estimate of drug-likeness (QED) is 0.885. The molecule has 0 radical (unpaired) electrons. The molecule has 1 heterocycles. The molecule has 1 aromatic carbocycles. The number of nitrogens with one attached hydrogen (secondary N) is 1. The van der Waals surface area contributed by atoms with Gasteiger partial charge >= 0.3 is 0 Å². The van der Waals surface area contributed by atoms with Crippen LogP contribution in [0.1, 0.15) is 5.56 Å². The first-order chi connectivity index (χ1) is 8.11. The minimum Gasteiger partial charge on any atom is -0.382 e. The van der Waals surface area contributed by atoms with Crippen molar-refractivity contribution in [1.82, 2.24) is 9.55 Å². The van der Waals surface area contributed by atoms with Crippen LogP contribution in [0.25, 0.3) is 0 Å². The van der Waals surface area contributed by atoms with E-state index in [9.17, 15) is 0 Å². The second-order valence-electron chi connectivity index (χ2n) is 3.58. The largest absolute Gasteiger partial charge is 0.382 e. The van der Waals surface area contributed by atoms with E-state index in [2.05, 4.69) is 54.3 Å². The second-order valence-corrected chi connectivity index (χ2v) is 5.21. The average Bonchev–Trinajstić information content (AvgIpc) is 2.56. The van der Waals surface area contributed by atoms with Gasteiger partial charge in [-0.05, 0) is 33.6 Å². The molecule has 17 heavy (non-hydrogen) atoms. The Hall–Kier alpha value is -1.01. The lowest BCUT2D eigenvalue weighted by Gasteiger charge is -2.07. The third kappa shape index (κ3) is 2.63. The monoisotopic (exact) mass is 358 g/mol. The van der Waals surface area contributed by atoms with E-state index in [0.717, 1.165) is 14.8 Å². The van der Waals surface area contributed by atoms with E-state index in [1.807, 2.05) is 16.7 Å². The van der Waals surface area contributed by atoms with Gasteiger partial charge in [-0.2, -0.15) is 0 Å². The number of nitrogen functional groups attached to an aromatic ring is 1. The summed E-state index contributed by atoms with van der Waals surface area (Å²) < 4.78 is 3.69. The molecule has 0 amide bonds. The maximum Gasteiger partial charge on any atom is 0.181 e. The highest BCUT2D eigenvalue weighted by Gasteiger charge is 2.11. The molecule has 0 spiro atoms. The summed E-state index contributed by atoms with van der Waals surface area (Å²) >= 11 is 6.86. The highest BCUT2D eigenvalue weighted by molar-refractivity contribution is 9.10. The van der Waals surface area contributed by atoms with Gasteiger partial charge in [0.15, 0.2) is 10.6 Å². The van der Waals surface area contributed by atoms with Crippen molar-refractivity contribution < 1.29 is 0 Å². The van der Waals surface area contributed by atoms with Crippen molar-refractivity contribution in [3.63, 3.8) is 0 Å². The molecule has 90 valence electrons. The number of halogens is 2. The molecule has 0 unspecified atom stereocenters. The van der Waals surface area contributed by atoms with Crippen LogP contribution in [-0.2, 0) is 6.54 Å². The number of benzene rings is 1. The van der Waals surface area contributed by atoms with E-state index in [0.29, 0.717) is 18.2 Å². The van der Waals surface area contributed by atoms with Gasteiger partial charge in [0.25, 0.3) is 0 Å². The van der Waals surface area contributed by atoms with E-state index in [4.69, 9.17) is 5.73 Å². The number of aromatic nitrogens is 2. The third-order valence-electron chi connectivity index (χ3n) is 2.43. The summed E-state index contributed by atoms with van der Waals surface area (Å²) in [5, 5.41) is 2.96. The Bertz CT molecular complexity index is 536. The maximum atomic E-state index is 6.00. The lowest BCUT2D eigenvalue weighted by molar-refractivity contribution is 0.784. The third-order valence-corrected chi connectivity index (χ3v) is 3.53. The van der Waals surface area contributed by atoms with Crippen molar-refractivity contribution >= 4 is 43.5 Å². The minimum absolute atomic E-state index is 0.624. The van der Waals surface area contributed by atoms with Crippen LogP contribution >= 0.6 is 31.9 Å². The van der Waals surface area contributed by atoms with Crippen LogP contribution in [0.3, 0.4) is 0 Å². The molecule has 6 heteroatoms. The van der Waals surface area contributed by atoms with Gasteiger partial charge in [-0.25, -0.2) is 4.98 Å². The summed E-state index contributed by atoms with van der Waals surface area (Å²) in [4.78, 5) is 4.28. The van der Waals surface area contributed by atoms with Crippen molar-refractivity contribution in [3.8, 4) is 0 Å². The fourth-order valence-electron chi connectivity index (χ4n) is 1.59. The lowest BCUT2D eigenvalue weighted by atomic mass is 10.2. The van der Waals surface area contributed by atoms with E-state index in [-0.39, 0.29) is 0 Å². The number of anilines is 2. The van der Waals surface area contributed by atoms with E-state index >= 15 is 0 Å². The molecular weight excluding hydrogens is 348 g/mol. The predicted molar refractivity (Wildman–Crippen MR) is 77.1 cm³/mol. The highest BCUT2D eigenvalue weighted by atomic mass is 79.9. The zero-order valence-corrected chi connectivity index (χ0v) is 12.4. The number of nitrogens with two attached hydrogens (primary N) is 1. The van der Waals surface area contributed by atoms with Crippen molar-refractivity contribution in [3.05, 3.63) is 39.0 Å². The summed E-state index contributed by atoms with van der Waals surface area (Å²) in [7, 11) is 1.80. The number of rotatable bonds is 3. The molecule has 0 atom stereocenters. The van der Waals surface area contributed by atoms with E-state index < -0.39 is 0 Å². The zero-order chi connectivity index (χ0) is 12.4. The normalized spacial score (nSPS) is 10.5. The molecule has 0 saturated heterocycles. The van der Waals surface area contributed by atoms with Crippen LogP contribution in [0.4, 0.5) is 11.6 Å². The zero-order valence-electron chi connectivity index (χ0n) is 9.24. The predicted octanol–water partition coefficient (Wildman–Crippen LogP) is 3.08. The number of hydrogen-bond donors (Lipinski definition) is 2. The van der Waals surface area contributed by atoms with Crippen LogP contribution in [-0.4, -0.2) is 16.6 Å². The second kappa shape index (κ2) is 5.10. The molecule has 0 aliphatic heterocycles. The molecule has 0 aliphatic rings. The van der Waals surface area contributed by atoms with Crippen LogP contribution < -0.4 is 11.1 Å². The van der Waals surface area contributed by atoms with Crippen LogP contribution in [0.15, 0.2) is 33.5 Å². The van der Waals surface area contributed by atoms with Gasteiger partial charge in [-0.15, -0.1) is 0 Å². The molecule has 0 saturated carbocycles. The number of imidazole rings is 1. The molecule has 3 N–H and O–H groups in total. The molecule has 4 nitrogen and oxygen atoms in total. The summed E-state index contributed by atoms with van der Waals surface area (Å²) in [5.74, 6) is 1.31. The Balaban J connectivity index is 2.33. The molecule has 2 rings (SSSR count). The summed E-state index contributed by atoms with van der Waals surface area (Å²) in [6.45, 7) is 0.681. The average molecular weight is 360 g/mol. The Kier molecular flexibility index (Phi) is 3.73. The number of hydrogen-bond acceptors (Lipinski definition) is 3. The van der Waals surface area contributed by atoms with Gasteiger partial charge in [0.1, 0.15) is 5.82 Å². The molecule has 0 fully saturated rings. The summed E-state index contributed by atoms with van der Waals surface area (Å²) in [5.41, 5.74) is 7.16. The number of nitrogens with zero attached hydrogens (tertiary/aromatic N) is 2. The summed E-state index contributed by atoms with van der Waals surface area (Å²) in [6, 6.07) is 8.11. The molecular formula is C11H12Br2N4.